The zero-order valence-corrected chi connectivity index (χ0v) is 12.5. The summed E-state index contributed by atoms with van der Waals surface area (Å²) < 4.78 is 11.6. The molecule has 0 spiro atoms. The Labute approximate surface area is 115 Å². The largest absolute Gasteiger partial charge is 0.498 e. The molecule has 2 N–H and O–H groups in total. The summed E-state index contributed by atoms with van der Waals surface area (Å²) in [6.07, 6.45) is 4.20. The SMILES string of the molecule is CC(C)COC1=CC(C(N)=O)=CC(C)(OC(C)C)C1. The molecule has 0 fully saturated rings. The fourth-order valence-corrected chi connectivity index (χ4v) is 2.11. The number of rotatable bonds is 6. The second-order valence-corrected chi connectivity index (χ2v) is 5.94. The third-order valence-corrected chi connectivity index (χ3v) is 2.69. The number of carbonyl (C=O) groups is 1. The minimum Gasteiger partial charge on any atom is -0.498 e. The molecule has 1 unspecified atom stereocenters. The van der Waals surface area contributed by atoms with Crippen molar-refractivity contribution in [1.82, 2.24) is 0 Å². The van der Waals surface area contributed by atoms with Crippen molar-refractivity contribution in [3.63, 3.8) is 0 Å². The van der Waals surface area contributed by atoms with Gasteiger partial charge >= 0.3 is 0 Å². The van der Waals surface area contributed by atoms with Crippen LogP contribution in [0.25, 0.3) is 0 Å². The zero-order valence-electron chi connectivity index (χ0n) is 12.5. The second-order valence-electron chi connectivity index (χ2n) is 5.94. The molecule has 0 heterocycles. The van der Waals surface area contributed by atoms with E-state index in [0.717, 1.165) is 5.76 Å². The second kappa shape index (κ2) is 6.24. The maximum atomic E-state index is 11.4. The van der Waals surface area contributed by atoms with Crippen LogP contribution in [0.4, 0.5) is 0 Å². The first-order chi connectivity index (χ1) is 8.72. The highest BCUT2D eigenvalue weighted by molar-refractivity contribution is 5.95. The lowest BCUT2D eigenvalue weighted by atomic mass is 9.91. The summed E-state index contributed by atoms with van der Waals surface area (Å²) in [6.45, 7) is 10.7. The first kappa shape index (κ1) is 15.8. The minimum absolute atomic E-state index is 0.0693. The first-order valence-electron chi connectivity index (χ1n) is 6.75. The molecule has 0 aromatic carbocycles. The Hall–Kier alpha value is -1.29. The van der Waals surface area contributed by atoms with Gasteiger partial charge < -0.3 is 15.2 Å². The molecular formula is C15H25NO3. The molecule has 0 saturated heterocycles. The highest BCUT2D eigenvalue weighted by Gasteiger charge is 2.31. The lowest BCUT2D eigenvalue weighted by molar-refractivity contribution is -0.114. The van der Waals surface area contributed by atoms with Crippen LogP contribution in [0.15, 0.2) is 23.5 Å². The van der Waals surface area contributed by atoms with E-state index in [0.29, 0.717) is 24.5 Å². The summed E-state index contributed by atoms with van der Waals surface area (Å²) in [6, 6.07) is 0. The van der Waals surface area contributed by atoms with Crippen molar-refractivity contribution in [2.45, 2.75) is 52.7 Å². The molecule has 4 nitrogen and oxygen atoms in total. The quantitative estimate of drug-likeness (QED) is 0.804. The maximum Gasteiger partial charge on any atom is 0.248 e. The van der Waals surface area contributed by atoms with E-state index in [1.165, 1.54) is 0 Å². The molecule has 0 radical (unpaired) electrons. The minimum atomic E-state index is -0.542. The first-order valence-corrected chi connectivity index (χ1v) is 6.75. The topological polar surface area (TPSA) is 61.5 Å². The maximum absolute atomic E-state index is 11.4. The number of carbonyl (C=O) groups excluding carboxylic acids is 1. The molecule has 0 bridgehead atoms. The summed E-state index contributed by atoms with van der Waals surface area (Å²) in [7, 11) is 0. The van der Waals surface area contributed by atoms with Gasteiger partial charge in [0.25, 0.3) is 0 Å². The van der Waals surface area contributed by atoms with Crippen LogP contribution in [0.5, 0.6) is 0 Å². The molecule has 1 rings (SSSR count). The molecule has 0 saturated carbocycles. The molecule has 19 heavy (non-hydrogen) atoms. The van der Waals surface area contributed by atoms with Crippen LogP contribution < -0.4 is 5.73 Å². The van der Waals surface area contributed by atoms with Crippen molar-refractivity contribution in [3.05, 3.63) is 23.5 Å². The molecule has 1 aliphatic rings. The Kier molecular flexibility index (Phi) is 5.18. The third-order valence-electron chi connectivity index (χ3n) is 2.69. The van der Waals surface area contributed by atoms with E-state index >= 15 is 0 Å². The van der Waals surface area contributed by atoms with Gasteiger partial charge in [-0.15, -0.1) is 0 Å². The number of hydrogen-bond donors (Lipinski definition) is 1. The van der Waals surface area contributed by atoms with E-state index in [9.17, 15) is 4.79 Å². The highest BCUT2D eigenvalue weighted by Crippen LogP contribution is 2.31. The van der Waals surface area contributed by atoms with Crippen LogP contribution in [-0.2, 0) is 14.3 Å². The lowest BCUT2D eigenvalue weighted by Crippen LogP contribution is -2.34. The Morgan fingerprint density at radius 3 is 2.53 bits per heavy atom. The van der Waals surface area contributed by atoms with Gasteiger partial charge in [-0.3, -0.25) is 4.79 Å². The van der Waals surface area contributed by atoms with Crippen molar-refractivity contribution >= 4 is 5.91 Å². The van der Waals surface area contributed by atoms with Gasteiger partial charge in [0.1, 0.15) is 0 Å². The lowest BCUT2D eigenvalue weighted by Gasteiger charge is -2.33. The van der Waals surface area contributed by atoms with Crippen LogP contribution in [-0.4, -0.2) is 24.2 Å². The molecule has 1 amide bonds. The van der Waals surface area contributed by atoms with Crippen LogP contribution >= 0.6 is 0 Å². The molecule has 0 aromatic heterocycles. The van der Waals surface area contributed by atoms with Crippen LogP contribution in [0.2, 0.25) is 0 Å². The normalized spacial score (nSPS) is 23.3. The Bertz CT molecular complexity index is 396. The number of amides is 1. The number of hydrogen-bond acceptors (Lipinski definition) is 3. The van der Waals surface area contributed by atoms with Gasteiger partial charge in [-0.1, -0.05) is 13.8 Å². The fourth-order valence-electron chi connectivity index (χ4n) is 2.11. The van der Waals surface area contributed by atoms with Gasteiger partial charge in [0.2, 0.25) is 5.91 Å². The smallest absolute Gasteiger partial charge is 0.248 e. The molecule has 0 aliphatic heterocycles. The Morgan fingerprint density at radius 2 is 2.05 bits per heavy atom. The summed E-state index contributed by atoms with van der Waals surface area (Å²) in [5, 5.41) is 0. The predicted octanol–water partition coefficient (Wildman–Crippen LogP) is 2.54. The molecule has 108 valence electrons. The van der Waals surface area contributed by atoms with Gasteiger partial charge in [-0.2, -0.15) is 0 Å². The van der Waals surface area contributed by atoms with Crippen molar-refractivity contribution in [3.8, 4) is 0 Å². The number of nitrogens with two attached hydrogens (primary N) is 1. The average molecular weight is 267 g/mol. The molecule has 1 atom stereocenters. The van der Waals surface area contributed by atoms with E-state index < -0.39 is 11.5 Å². The average Bonchev–Trinajstić information content (AvgIpc) is 2.23. The van der Waals surface area contributed by atoms with E-state index in [4.69, 9.17) is 15.2 Å². The van der Waals surface area contributed by atoms with Gasteiger partial charge in [0, 0.05) is 12.0 Å². The summed E-state index contributed by atoms with van der Waals surface area (Å²) in [5.41, 5.74) is 5.28. The van der Waals surface area contributed by atoms with Gasteiger partial charge in [0.05, 0.1) is 24.1 Å². The third kappa shape index (κ3) is 5.07. The van der Waals surface area contributed by atoms with E-state index in [2.05, 4.69) is 13.8 Å². The van der Waals surface area contributed by atoms with Gasteiger partial charge in [-0.05, 0) is 38.8 Å². The standard InChI is InChI=1S/C15H25NO3/c1-10(2)9-18-13-6-12(14(16)17)7-15(5,8-13)19-11(3)4/h6-7,10-11H,8-9H2,1-5H3,(H2,16,17). The van der Waals surface area contributed by atoms with E-state index in [1.54, 1.807) is 12.2 Å². The number of primary amides is 1. The molecule has 1 aliphatic carbocycles. The molecular weight excluding hydrogens is 242 g/mol. The van der Waals surface area contributed by atoms with Crippen LogP contribution in [0.1, 0.15) is 41.0 Å². The Morgan fingerprint density at radius 1 is 1.42 bits per heavy atom. The van der Waals surface area contributed by atoms with E-state index in [-0.39, 0.29) is 6.10 Å². The monoisotopic (exact) mass is 267 g/mol. The van der Waals surface area contributed by atoms with Crippen molar-refractivity contribution in [2.24, 2.45) is 11.7 Å². The van der Waals surface area contributed by atoms with E-state index in [1.807, 2.05) is 20.8 Å². The summed E-state index contributed by atoms with van der Waals surface area (Å²) in [5.74, 6) is 0.734. The van der Waals surface area contributed by atoms with Gasteiger partial charge in [-0.25, -0.2) is 0 Å². The zero-order chi connectivity index (χ0) is 14.6. The van der Waals surface area contributed by atoms with Crippen LogP contribution in [0.3, 0.4) is 0 Å². The Balaban J connectivity index is 2.90. The van der Waals surface area contributed by atoms with Gasteiger partial charge in [0.15, 0.2) is 0 Å². The number of ether oxygens (including phenoxy) is 2. The predicted molar refractivity (Wildman–Crippen MR) is 75.4 cm³/mol. The molecule has 4 heteroatoms. The van der Waals surface area contributed by atoms with Crippen molar-refractivity contribution in [2.75, 3.05) is 6.61 Å². The fraction of sp³-hybridized carbons (Fsp3) is 0.667. The van der Waals surface area contributed by atoms with Crippen molar-refractivity contribution in [1.29, 1.82) is 0 Å². The van der Waals surface area contributed by atoms with Crippen molar-refractivity contribution < 1.29 is 14.3 Å². The summed E-state index contributed by atoms with van der Waals surface area (Å²) >= 11 is 0. The highest BCUT2D eigenvalue weighted by atomic mass is 16.5. The molecule has 0 aromatic rings. The van der Waals surface area contributed by atoms with Crippen LogP contribution in [0, 0.1) is 5.92 Å². The summed E-state index contributed by atoms with van der Waals surface area (Å²) in [4.78, 5) is 11.4.